The first-order chi connectivity index (χ1) is 25.3. The van der Waals surface area contributed by atoms with Crippen molar-refractivity contribution in [1.82, 2.24) is 0 Å². The van der Waals surface area contributed by atoms with Gasteiger partial charge in [-0.15, -0.1) is 0 Å². The van der Waals surface area contributed by atoms with Crippen molar-refractivity contribution in [3.63, 3.8) is 0 Å². The highest BCUT2D eigenvalue weighted by Gasteiger charge is 2.22. The molecule has 0 aliphatic heterocycles. The third-order valence-corrected chi connectivity index (χ3v) is 10.9. The number of hydrogen-bond acceptors (Lipinski definition) is 1. The van der Waals surface area contributed by atoms with Crippen LogP contribution in [0.2, 0.25) is 0 Å². The van der Waals surface area contributed by atoms with E-state index in [1.165, 1.54) is 87.1 Å². The van der Waals surface area contributed by atoms with E-state index in [0.717, 1.165) is 22.1 Å². The van der Waals surface area contributed by atoms with Gasteiger partial charge in [0.1, 0.15) is 11.2 Å². The maximum absolute atomic E-state index is 6.80. The van der Waals surface area contributed by atoms with Gasteiger partial charge in [0.05, 0.1) is 0 Å². The summed E-state index contributed by atoms with van der Waals surface area (Å²) in [6, 6.07) is 66.2. The Labute approximate surface area is 294 Å². The molecule has 1 heterocycles. The molecule has 51 heavy (non-hydrogen) atoms. The number of rotatable bonds is 3. The van der Waals surface area contributed by atoms with Crippen LogP contribution in [-0.4, -0.2) is 0 Å². The van der Waals surface area contributed by atoms with Gasteiger partial charge in [-0.25, -0.2) is 0 Å². The zero-order chi connectivity index (χ0) is 33.5. The highest BCUT2D eigenvalue weighted by Crippen LogP contribution is 2.48. The molecule has 0 fully saturated rings. The fourth-order valence-corrected chi connectivity index (χ4v) is 8.69. The molecular formula is C50H30O. The van der Waals surface area contributed by atoms with Gasteiger partial charge in [-0.3, -0.25) is 0 Å². The molecule has 0 saturated carbocycles. The summed E-state index contributed by atoms with van der Waals surface area (Å²) in [7, 11) is 0. The average molecular weight is 647 g/mol. The minimum Gasteiger partial charge on any atom is -0.455 e. The van der Waals surface area contributed by atoms with Gasteiger partial charge in [0.2, 0.25) is 0 Å². The second-order valence-corrected chi connectivity index (χ2v) is 13.5. The molecule has 1 heteroatoms. The fourth-order valence-electron chi connectivity index (χ4n) is 8.69. The fraction of sp³-hybridized carbons (Fsp3) is 0. The number of fused-ring (bicyclic) bond motifs is 10. The van der Waals surface area contributed by atoms with Crippen molar-refractivity contribution in [2.24, 2.45) is 0 Å². The Morgan fingerprint density at radius 1 is 0.275 bits per heavy atom. The predicted molar refractivity (Wildman–Crippen MR) is 218 cm³/mol. The molecule has 0 amide bonds. The molecule has 0 aliphatic carbocycles. The zero-order valence-corrected chi connectivity index (χ0v) is 27.7. The van der Waals surface area contributed by atoms with Gasteiger partial charge in [-0.05, 0) is 82.2 Å². The highest BCUT2D eigenvalue weighted by atomic mass is 16.3. The molecule has 0 N–H and O–H groups in total. The molecule has 0 bridgehead atoms. The van der Waals surface area contributed by atoms with Crippen molar-refractivity contribution >= 4 is 75.8 Å². The molecular weight excluding hydrogens is 617 g/mol. The number of hydrogen-bond donors (Lipinski definition) is 0. The summed E-state index contributed by atoms with van der Waals surface area (Å²) >= 11 is 0. The summed E-state index contributed by atoms with van der Waals surface area (Å²) in [5.41, 5.74) is 9.16. The summed E-state index contributed by atoms with van der Waals surface area (Å²) in [6.07, 6.45) is 0. The van der Waals surface area contributed by atoms with Crippen molar-refractivity contribution in [2.75, 3.05) is 0 Å². The molecule has 1 aromatic heterocycles. The molecule has 0 aliphatic rings. The van der Waals surface area contributed by atoms with Crippen LogP contribution >= 0.6 is 0 Å². The minimum atomic E-state index is 0.916. The largest absolute Gasteiger partial charge is 0.455 e. The second kappa shape index (κ2) is 10.9. The van der Waals surface area contributed by atoms with Gasteiger partial charge in [-0.2, -0.15) is 0 Å². The maximum Gasteiger partial charge on any atom is 0.143 e. The molecule has 0 unspecified atom stereocenters. The van der Waals surface area contributed by atoms with Gasteiger partial charge >= 0.3 is 0 Å². The molecule has 0 saturated heterocycles. The van der Waals surface area contributed by atoms with Gasteiger partial charge < -0.3 is 4.42 Å². The average Bonchev–Trinajstić information content (AvgIpc) is 3.60. The molecule has 0 radical (unpaired) electrons. The van der Waals surface area contributed by atoms with Crippen LogP contribution in [0.4, 0.5) is 0 Å². The first-order valence-corrected chi connectivity index (χ1v) is 17.6. The Balaban J connectivity index is 1.22. The molecule has 0 spiro atoms. The summed E-state index contributed by atoms with van der Waals surface area (Å²) in [4.78, 5) is 0. The second-order valence-electron chi connectivity index (χ2n) is 13.5. The van der Waals surface area contributed by atoms with Crippen LogP contribution < -0.4 is 0 Å². The van der Waals surface area contributed by atoms with Gasteiger partial charge in [0, 0.05) is 21.9 Å². The van der Waals surface area contributed by atoms with Crippen molar-refractivity contribution in [3.8, 4) is 33.4 Å². The standard InChI is InChI=1S/C50H30O/c1-2-13-31(14-3-1)33-21-10-22-35-36-23-11-24-39(38(36)29-28-37(33)35)47-40-17-6-8-19-42(40)48(43-20-9-7-18-41(43)47)44-25-12-26-45-49-34-16-5-4-15-32(34)27-30-46(49)51-50(44)45/h1-30H. The quantitative estimate of drug-likeness (QED) is 0.138. The lowest BCUT2D eigenvalue weighted by Crippen LogP contribution is -1.92. The topological polar surface area (TPSA) is 13.1 Å². The van der Waals surface area contributed by atoms with Crippen LogP contribution in [0.5, 0.6) is 0 Å². The van der Waals surface area contributed by atoms with Gasteiger partial charge in [-0.1, -0.05) is 176 Å². The van der Waals surface area contributed by atoms with Crippen LogP contribution in [0, 0.1) is 0 Å². The van der Waals surface area contributed by atoms with Crippen LogP contribution in [0.15, 0.2) is 186 Å². The lowest BCUT2D eigenvalue weighted by molar-refractivity contribution is 0.670. The molecule has 0 atom stereocenters. The van der Waals surface area contributed by atoms with E-state index in [2.05, 4.69) is 182 Å². The van der Waals surface area contributed by atoms with Gasteiger partial charge in [0.25, 0.3) is 0 Å². The Bertz CT molecular complexity index is 3130. The molecule has 11 rings (SSSR count). The monoisotopic (exact) mass is 646 g/mol. The smallest absolute Gasteiger partial charge is 0.143 e. The summed E-state index contributed by atoms with van der Waals surface area (Å²) in [5.74, 6) is 0. The van der Waals surface area contributed by atoms with E-state index in [-0.39, 0.29) is 0 Å². The van der Waals surface area contributed by atoms with E-state index in [1.54, 1.807) is 0 Å². The Morgan fingerprint density at radius 2 is 0.765 bits per heavy atom. The number of furan rings is 1. The van der Waals surface area contributed by atoms with Gasteiger partial charge in [0.15, 0.2) is 0 Å². The van der Waals surface area contributed by atoms with E-state index < -0.39 is 0 Å². The minimum absolute atomic E-state index is 0.916. The third-order valence-electron chi connectivity index (χ3n) is 10.9. The van der Waals surface area contributed by atoms with E-state index >= 15 is 0 Å². The van der Waals surface area contributed by atoms with E-state index in [0.29, 0.717) is 0 Å². The summed E-state index contributed by atoms with van der Waals surface area (Å²) in [5, 5.41) is 14.7. The lowest BCUT2D eigenvalue weighted by Gasteiger charge is -2.19. The lowest BCUT2D eigenvalue weighted by atomic mass is 9.84. The van der Waals surface area contributed by atoms with Crippen molar-refractivity contribution < 1.29 is 4.42 Å². The van der Waals surface area contributed by atoms with Crippen LogP contribution in [0.25, 0.3) is 109 Å². The number of benzene rings is 10. The normalized spacial score (nSPS) is 11.9. The van der Waals surface area contributed by atoms with E-state index in [9.17, 15) is 0 Å². The van der Waals surface area contributed by atoms with Crippen LogP contribution in [-0.2, 0) is 0 Å². The summed E-state index contributed by atoms with van der Waals surface area (Å²) in [6.45, 7) is 0. The molecule has 10 aromatic carbocycles. The SMILES string of the molecule is c1ccc(-c2cccc3c2ccc2c(-c4c5ccccc5c(-c5cccc6c5oc5ccc7ccccc7c56)c5ccccc45)cccc23)cc1. The summed E-state index contributed by atoms with van der Waals surface area (Å²) < 4.78 is 6.80. The van der Waals surface area contributed by atoms with E-state index in [1.807, 2.05) is 0 Å². The van der Waals surface area contributed by atoms with E-state index in [4.69, 9.17) is 4.42 Å². The highest BCUT2D eigenvalue weighted by molar-refractivity contribution is 6.28. The maximum atomic E-state index is 6.80. The zero-order valence-electron chi connectivity index (χ0n) is 27.7. The third kappa shape index (κ3) is 4.09. The van der Waals surface area contributed by atoms with Crippen LogP contribution in [0.3, 0.4) is 0 Å². The van der Waals surface area contributed by atoms with Crippen LogP contribution in [0.1, 0.15) is 0 Å². The Kier molecular flexibility index (Phi) is 6.02. The van der Waals surface area contributed by atoms with Crippen molar-refractivity contribution in [1.29, 1.82) is 0 Å². The first-order valence-electron chi connectivity index (χ1n) is 17.6. The molecule has 1 nitrogen and oxygen atoms in total. The van der Waals surface area contributed by atoms with Crippen molar-refractivity contribution in [3.05, 3.63) is 182 Å². The van der Waals surface area contributed by atoms with Crippen molar-refractivity contribution in [2.45, 2.75) is 0 Å². The first kappa shape index (κ1) is 28.2. The number of para-hydroxylation sites is 1. The Morgan fingerprint density at radius 3 is 1.43 bits per heavy atom. The molecule has 11 aromatic rings. The Hall–Kier alpha value is -6.70. The molecule has 236 valence electrons. The predicted octanol–water partition coefficient (Wildman–Crippen LogP) is 14.4.